The predicted octanol–water partition coefficient (Wildman–Crippen LogP) is 0.204. The molecule has 0 amide bonds. The number of nitrogens with zero attached hydrogens (tertiary/aromatic N) is 3. The van der Waals surface area contributed by atoms with Gasteiger partial charge in [0.2, 0.25) is 0 Å². The lowest BCUT2D eigenvalue weighted by Gasteiger charge is -2.10. The summed E-state index contributed by atoms with van der Waals surface area (Å²) in [4.78, 5) is 4.15. The molecule has 14 heavy (non-hydrogen) atoms. The van der Waals surface area contributed by atoms with Crippen molar-refractivity contribution in [2.75, 3.05) is 13.2 Å². The van der Waals surface area contributed by atoms with Crippen molar-refractivity contribution in [2.24, 2.45) is 5.73 Å². The van der Waals surface area contributed by atoms with Gasteiger partial charge in [0.05, 0.1) is 6.61 Å². The molecule has 0 aliphatic heterocycles. The van der Waals surface area contributed by atoms with Crippen molar-refractivity contribution in [3.8, 4) is 0 Å². The van der Waals surface area contributed by atoms with Crippen molar-refractivity contribution < 1.29 is 4.74 Å². The predicted molar refractivity (Wildman–Crippen MR) is 53.9 cm³/mol. The molecule has 0 radical (unpaired) electrons. The Morgan fingerprint density at radius 3 is 3.00 bits per heavy atom. The minimum atomic E-state index is 0.00412. The van der Waals surface area contributed by atoms with Gasteiger partial charge < -0.3 is 10.5 Å². The molecule has 1 unspecified atom stereocenters. The molecule has 1 aromatic rings. The van der Waals surface area contributed by atoms with E-state index in [4.69, 9.17) is 10.5 Å². The Balaban J connectivity index is 2.42. The van der Waals surface area contributed by atoms with Crippen molar-refractivity contribution in [3.05, 3.63) is 12.2 Å². The molecular weight excluding hydrogens is 180 g/mol. The van der Waals surface area contributed by atoms with Gasteiger partial charge in [-0.25, -0.2) is 4.98 Å². The number of nitrogens with two attached hydrogens (primary N) is 1. The van der Waals surface area contributed by atoms with Gasteiger partial charge in [-0.05, 0) is 13.8 Å². The molecule has 0 saturated heterocycles. The quantitative estimate of drug-likeness (QED) is 0.709. The van der Waals surface area contributed by atoms with Crippen LogP contribution in [0.15, 0.2) is 6.33 Å². The number of rotatable bonds is 6. The zero-order chi connectivity index (χ0) is 10.4. The average molecular weight is 198 g/mol. The Morgan fingerprint density at radius 1 is 1.57 bits per heavy atom. The molecule has 1 aromatic heterocycles. The highest BCUT2D eigenvalue weighted by molar-refractivity contribution is 4.88. The first-order chi connectivity index (χ1) is 6.77. The topological polar surface area (TPSA) is 66.0 Å². The second-order valence-corrected chi connectivity index (χ2v) is 3.12. The van der Waals surface area contributed by atoms with Gasteiger partial charge in [-0.15, -0.1) is 0 Å². The number of ether oxygens (including phenoxy) is 1. The van der Waals surface area contributed by atoms with Gasteiger partial charge in [0.15, 0.2) is 0 Å². The highest BCUT2D eigenvalue weighted by atomic mass is 16.5. The summed E-state index contributed by atoms with van der Waals surface area (Å²) in [7, 11) is 0. The normalized spacial score (nSPS) is 13.1. The third-order valence-electron chi connectivity index (χ3n) is 1.98. The molecule has 0 aromatic carbocycles. The number of aromatic nitrogens is 3. The van der Waals surface area contributed by atoms with E-state index < -0.39 is 0 Å². The monoisotopic (exact) mass is 198 g/mol. The molecule has 1 atom stereocenters. The Labute approximate surface area is 84.3 Å². The van der Waals surface area contributed by atoms with Crippen LogP contribution < -0.4 is 5.73 Å². The maximum absolute atomic E-state index is 5.87. The lowest BCUT2D eigenvalue weighted by atomic mass is 10.2. The molecule has 5 heteroatoms. The van der Waals surface area contributed by atoms with Gasteiger partial charge in [0, 0.05) is 25.6 Å². The standard InChI is InChI=1S/C9H18N4O/c1-3-13-9(11-7-12-13)5-8(10)6-14-4-2/h7-8H,3-6,10H2,1-2H3. The van der Waals surface area contributed by atoms with Crippen LogP contribution in [0.4, 0.5) is 0 Å². The van der Waals surface area contributed by atoms with E-state index in [0.29, 0.717) is 19.6 Å². The smallest absolute Gasteiger partial charge is 0.138 e. The Kier molecular flexibility index (Phi) is 4.55. The van der Waals surface area contributed by atoms with Crippen molar-refractivity contribution >= 4 is 0 Å². The Morgan fingerprint density at radius 2 is 2.36 bits per heavy atom. The third kappa shape index (κ3) is 3.08. The summed E-state index contributed by atoms with van der Waals surface area (Å²) < 4.78 is 7.09. The molecule has 0 bridgehead atoms. The molecule has 0 saturated carbocycles. The van der Waals surface area contributed by atoms with Gasteiger partial charge in [-0.3, -0.25) is 4.68 Å². The second kappa shape index (κ2) is 5.72. The van der Waals surface area contributed by atoms with Crippen LogP contribution >= 0.6 is 0 Å². The van der Waals surface area contributed by atoms with Crippen molar-refractivity contribution in [3.63, 3.8) is 0 Å². The molecule has 0 fully saturated rings. The van der Waals surface area contributed by atoms with E-state index in [9.17, 15) is 0 Å². The Bertz CT molecular complexity index is 261. The summed E-state index contributed by atoms with van der Waals surface area (Å²) >= 11 is 0. The molecule has 1 rings (SSSR count). The van der Waals surface area contributed by atoms with Crippen molar-refractivity contribution in [1.29, 1.82) is 0 Å². The van der Waals surface area contributed by atoms with Crippen LogP contribution in [0.2, 0.25) is 0 Å². The fraction of sp³-hybridized carbons (Fsp3) is 0.778. The fourth-order valence-corrected chi connectivity index (χ4v) is 1.27. The van der Waals surface area contributed by atoms with E-state index in [2.05, 4.69) is 10.1 Å². The van der Waals surface area contributed by atoms with Crippen LogP contribution in [0.1, 0.15) is 19.7 Å². The van der Waals surface area contributed by atoms with Crippen LogP contribution in [-0.4, -0.2) is 34.0 Å². The summed E-state index contributed by atoms with van der Waals surface area (Å²) in [5.74, 6) is 0.930. The molecule has 80 valence electrons. The summed E-state index contributed by atoms with van der Waals surface area (Å²) in [5.41, 5.74) is 5.87. The molecule has 1 heterocycles. The van der Waals surface area contributed by atoms with Gasteiger partial charge in [-0.1, -0.05) is 0 Å². The molecule has 0 spiro atoms. The first-order valence-corrected chi connectivity index (χ1v) is 4.97. The maximum Gasteiger partial charge on any atom is 0.138 e. The van der Waals surface area contributed by atoms with Crippen LogP contribution in [0.5, 0.6) is 0 Å². The van der Waals surface area contributed by atoms with Gasteiger partial charge >= 0.3 is 0 Å². The van der Waals surface area contributed by atoms with Crippen LogP contribution in [0.3, 0.4) is 0 Å². The first kappa shape index (κ1) is 11.1. The van der Waals surface area contributed by atoms with Gasteiger partial charge in [0.1, 0.15) is 12.2 Å². The van der Waals surface area contributed by atoms with E-state index >= 15 is 0 Å². The summed E-state index contributed by atoms with van der Waals surface area (Å²) in [6.07, 6.45) is 2.28. The zero-order valence-corrected chi connectivity index (χ0v) is 8.81. The molecule has 5 nitrogen and oxygen atoms in total. The molecular formula is C9H18N4O. The van der Waals surface area contributed by atoms with Crippen molar-refractivity contribution in [2.45, 2.75) is 32.9 Å². The Hall–Kier alpha value is -0.940. The van der Waals surface area contributed by atoms with E-state index in [-0.39, 0.29) is 6.04 Å². The van der Waals surface area contributed by atoms with E-state index in [1.54, 1.807) is 6.33 Å². The fourth-order valence-electron chi connectivity index (χ4n) is 1.27. The maximum atomic E-state index is 5.87. The van der Waals surface area contributed by atoms with E-state index in [1.165, 1.54) is 0 Å². The van der Waals surface area contributed by atoms with E-state index in [0.717, 1.165) is 12.4 Å². The minimum absolute atomic E-state index is 0.00412. The summed E-state index contributed by atoms with van der Waals surface area (Å²) in [5, 5.41) is 4.08. The van der Waals surface area contributed by atoms with Gasteiger partial charge in [0.25, 0.3) is 0 Å². The van der Waals surface area contributed by atoms with Crippen LogP contribution in [-0.2, 0) is 17.7 Å². The molecule has 0 aliphatic rings. The van der Waals surface area contributed by atoms with Crippen LogP contribution in [0.25, 0.3) is 0 Å². The van der Waals surface area contributed by atoms with E-state index in [1.807, 2.05) is 18.5 Å². The number of hydrogen-bond donors (Lipinski definition) is 1. The lowest BCUT2D eigenvalue weighted by Crippen LogP contribution is -2.30. The third-order valence-corrected chi connectivity index (χ3v) is 1.98. The van der Waals surface area contributed by atoms with Gasteiger partial charge in [-0.2, -0.15) is 5.10 Å². The summed E-state index contributed by atoms with van der Waals surface area (Å²) in [6, 6.07) is 0.00412. The first-order valence-electron chi connectivity index (χ1n) is 4.97. The SMILES string of the molecule is CCOCC(N)Cc1ncnn1CC. The largest absolute Gasteiger partial charge is 0.380 e. The molecule has 0 aliphatic carbocycles. The van der Waals surface area contributed by atoms with Crippen LogP contribution in [0, 0.1) is 0 Å². The highest BCUT2D eigenvalue weighted by Crippen LogP contribution is 1.98. The number of aryl methyl sites for hydroxylation is 1. The average Bonchev–Trinajstić information content (AvgIpc) is 2.62. The highest BCUT2D eigenvalue weighted by Gasteiger charge is 2.08. The zero-order valence-electron chi connectivity index (χ0n) is 8.81. The second-order valence-electron chi connectivity index (χ2n) is 3.12. The summed E-state index contributed by atoms with van der Waals surface area (Å²) in [6.45, 7) is 6.10. The molecule has 2 N–H and O–H groups in total. The minimum Gasteiger partial charge on any atom is -0.380 e. The lowest BCUT2D eigenvalue weighted by molar-refractivity contribution is 0.132. The number of hydrogen-bond acceptors (Lipinski definition) is 4. The van der Waals surface area contributed by atoms with Crippen molar-refractivity contribution in [1.82, 2.24) is 14.8 Å².